The normalized spacial score (nSPS) is 10.9. The Labute approximate surface area is 146 Å². The van der Waals surface area contributed by atoms with Gasteiger partial charge in [0, 0.05) is 34.8 Å². The van der Waals surface area contributed by atoms with Crippen LogP contribution in [0.3, 0.4) is 0 Å². The largest absolute Gasteiger partial charge is 0.346 e. The van der Waals surface area contributed by atoms with Gasteiger partial charge in [-0.15, -0.1) is 0 Å². The minimum absolute atomic E-state index is 0.234. The summed E-state index contributed by atoms with van der Waals surface area (Å²) in [6.07, 6.45) is 4.03. The average Bonchev–Trinajstić information content (AvgIpc) is 2.98. The van der Waals surface area contributed by atoms with E-state index < -0.39 is 0 Å². The molecule has 3 rings (SSSR count). The Morgan fingerprint density at radius 1 is 1.24 bits per heavy atom. The molecule has 25 heavy (non-hydrogen) atoms. The second-order valence-electron chi connectivity index (χ2n) is 5.72. The number of carbonyl (C=O) groups is 1. The van der Waals surface area contributed by atoms with E-state index in [-0.39, 0.29) is 5.91 Å². The van der Waals surface area contributed by atoms with Gasteiger partial charge in [-0.25, -0.2) is 5.43 Å². The summed E-state index contributed by atoms with van der Waals surface area (Å²) in [5.74, 6) is -0.234. The Bertz CT molecular complexity index is 979. The van der Waals surface area contributed by atoms with E-state index in [0.717, 1.165) is 22.0 Å². The molecule has 1 amide bonds. The summed E-state index contributed by atoms with van der Waals surface area (Å²) in [6, 6.07) is 17.5. The molecule has 0 saturated carbocycles. The van der Waals surface area contributed by atoms with Crippen LogP contribution in [0.5, 0.6) is 0 Å². The predicted octanol–water partition coefficient (Wildman–Crippen LogP) is 3.63. The summed E-state index contributed by atoms with van der Waals surface area (Å²) >= 11 is 0. The van der Waals surface area contributed by atoms with Crippen LogP contribution in [-0.2, 0) is 6.54 Å². The number of nitrogens with zero attached hydrogens (tertiary/aromatic N) is 3. The van der Waals surface area contributed by atoms with Gasteiger partial charge in [0.05, 0.1) is 18.7 Å². The maximum Gasteiger partial charge on any atom is 0.271 e. The lowest BCUT2D eigenvalue weighted by Crippen LogP contribution is -2.18. The second kappa shape index (κ2) is 7.45. The topological polar surface area (TPSA) is 70.2 Å². The lowest BCUT2D eigenvalue weighted by molar-refractivity contribution is 0.0954. The molecule has 0 radical (unpaired) electrons. The zero-order valence-electron chi connectivity index (χ0n) is 13.9. The van der Waals surface area contributed by atoms with Gasteiger partial charge in [-0.1, -0.05) is 36.4 Å². The molecule has 5 nitrogen and oxygen atoms in total. The molecular weight excluding hydrogens is 312 g/mol. The van der Waals surface area contributed by atoms with Crippen LogP contribution in [0, 0.1) is 18.3 Å². The van der Waals surface area contributed by atoms with Crippen LogP contribution >= 0.6 is 0 Å². The first-order valence-electron chi connectivity index (χ1n) is 8.04. The zero-order chi connectivity index (χ0) is 17.6. The smallest absolute Gasteiger partial charge is 0.271 e. The summed E-state index contributed by atoms with van der Waals surface area (Å²) in [4.78, 5) is 12.2. The first-order valence-corrected chi connectivity index (χ1v) is 8.04. The number of carbonyl (C=O) groups excluding carboxylic acids is 1. The fraction of sp³-hybridized carbons (Fsp3) is 0.150. The number of hydrazone groups is 1. The number of aryl methyl sites for hydroxylation is 2. The number of fused-ring (bicyclic) bond motifs is 1. The van der Waals surface area contributed by atoms with Gasteiger partial charge < -0.3 is 4.57 Å². The quantitative estimate of drug-likeness (QED) is 0.573. The van der Waals surface area contributed by atoms with Crippen molar-refractivity contribution in [2.45, 2.75) is 19.9 Å². The van der Waals surface area contributed by atoms with Crippen molar-refractivity contribution < 1.29 is 4.79 Å². The third-order valence-electron chi connectivity index (χ3n) is 4.04. The Morgan fingerprint density at radius 2 is 2.00 bits per heavy atom. The molecule has 3 aromatic rings. The fourth-order valence-electron chi connectivity index (χ4n) is 2.78. The van der Waals surface area contributed by atoms with Crippen molar-refractivity contribution in [1.29, 1.82) is 5.26 Å². The second-order valence-corrected chi connectivity index (χ2v) is 5.72. The van der Waals surface area contributed by atoms with Crippen molar-refractivity contribution >= 4 is 23.0 Å². The molecule has 1 N–H and O–H groups in total. The third kappa shape index (κ3) is 3.59. The maximum atomic E-state index is 12.2. The number of amides is 1. The van der Waals surface area contributed by atoms with Crippen LogP contribution in [0.1, 0.15) is 27.9 Å². The summed E-state index contributed by atoms with van der Waals surface area (Å²) in [5.41, 5.74) is 6.03. The first kappa shape index (κ1) is 16.5. The molecule has 0 bridgehead atoms. The van der Waals surface area contributed by atoms with Crippen molar-refractivity contribution in [2.75, 3.05) is 0 Å². The van der Waals surface area contributed by atoms with E-state index in [2.05, 4.69) is 16.6 Å². The van der Waals surface area contributed by atoms with E-state index in [1.807, 2.05) is 60.2 Å². The van der Waals surface area contributed by atoms with Crippen LogP contribution in [0.25, 0.3) is 10.9 Å². The third-order valence-corrected chi connectivity index (χ3v) is 4.04. The molecule has 2 aromatic carbocycles. The van der Waals surface area contributed by atoms with Crippen molar-refractivity contribution in [2.24, 2.45) is 5.10 Å². The standard InChI is InChI=1S/C20H18N4O/c1-15-7-2-3-8-17(15)20(25)23-22-13-16-14-24(12-6-11-21)19-10-5-4-9-18(16)19/h2-5,7-10,13-14H,6,12H2,1H3,(H,23,25)/b22-13-. The highest BCUT2D eigenvalue weighted by Gasteiger charge is 2.08. The van der Waals surface area contributed by atoms with Gasteiger partial charge >= 0.3 is 0 Å². The minimum atomic E-state index is -0.234. The van der Waals surface area contributed by atoms with Gasteiger partial charge in [0.1, 0.15) is 0 Å². The number of hydrogen-bond acceptors (Lipinski definition) is 3. The van der Waals surface area contributed by atoms with Gasteiger partial charge in [-0.2, -0.15) is 10.4 Å². The molecule has 0 atom stereocenters. The van der Waals surface area contributed by atoms with Crippen molar-refractivity contribution in [3.05, 3.63) is 71.4 Å². The highest BCUT2D eigenvalue weighted by molar-refractivity contribution is 6.00. The number of nitriles is 1. The number of para-hydroxylation sites is 1. The zero-order valence-corrected chi connectivity index (χ0v) is 13.9. The molecule has 1 aromatic heterocycles. The van der Waals surface area contributed by atoms with Crippen molar-refractivity contribution in [1.82, 2.24) is 9.99 Å². The summed E-state index contributed by atoms with van der Waals surface area (Å²) in [6.45, 7) is 2.52. The van der Waals surface area contributed by atoms with Crippen LogP contribution in [0.2, 0.25) is 0 Å². The first-order chi connectivity index (χ1) is 12.2. The molecule has 0 unspecified atom stereocenters. The number of hydrogen-bond donors (Lipinski definition) is 1. The van der Waals surface area contributed by atoms with Crippen LogP contribution in [-0.4, -0.2) is 16.7 Å². The Hall–Kier alpha value is -3.39. The number of benzene rings is 2. The van der Waals surface area contributed by atoms with Crippen molar-refractivity contribution in [3.63, 3.8) is 0 Å². The van der Waals surface area contributed by atoms with E-state index in [4.69, 9.17) is 5.26 Å². The molecule has 0 aliphatic rings. The molecule has 0 spiro atoms. The Kier molecular flexibility index (Phi) is 4.91. The molecule has 0 saturated heterocycles. The lowest BCUT2D eigenvalue weighted by Gasteiger charge is -2.02. The van der Waals surface area contributed by atoms with E-state index in [0.29, 0.717) is 18.5 Å². The SMILES string of the molecule is Cc1ccccc1C(=O)N/N=C\c1cn(CCC#N)c2ccccc12. The van der Waals surface area contributed by atoms with E-state index in [1.54, 1.807) is 12.3 Å². The van der Waals surface area contributed by atoms with E-state index in [1.165, 1.54) is 0 Å². The van der Waals surface area contributed by atoms with E-state index >= 15 is 0 Å². The molecule has 5 heteroatoms. The molecule has 0 aliphatic heterocycles. The lowest BCUT2D eigenvalue weighted by atomic mass is 10.1. The summed E-state index contributed by atoms with van der Waals surface area (Å²) in [7, 11) is 0. The van der Waals surface area contributed by atoms with Gasteiger partial charge in [0.2, 0.25) is 0 Å². The molecular formula is C20H18N4O. The van der Waals surface area contributed by atoms with Crippen LogP contribution in [0.4, 0.5) is 0 Å². The maximum absolute atomic E-state index is 12.2. The van der Waals surface area contributed by atoms with E-state index in [9.17, 15) is 4.79 Å². The number of nitrogens with one attached hydrogen (secondary N) is 1. The molecule has 0 fully saturated rings. The summed E-state index contributed by atoms with van der Waals surface area (Å²) in [5, 5.41) is 13.9. The number of aromatic nitrogens is 1. The Morgan fingerprint density at radius 3 is 2.80 bits per heavy atom. The van der Waals surface area contributed by atoms with Crippen LogP contribution < -0.4 is 5.43 Å². The summed E-state index contributed by atoms with van der Waals surface area (Å²) < 4.78 is 2.03. The predicted molar refractivity (Wildman–Crippen MR) is 98.4 cm³/mol. The minimum Gasteiger partial charge on any atom is -0.346 e. The highest BCUT2D eigenvalue weighted by Crippen LogP contribution is 2.20. The molecule has 1 heterocycles. The Balaban J connectivity index is 1.81. The monoisotopic (exact) mass is 330 g/mol. The molecule has 124 valence electrons. The van der Waals surface area contributed by atoms with Crippen LogP contribution in [0.15, 0.2) is 59.8 Å². The fourth-order valence-corrected chi connectivity index (χ4v) is 2.78. The molecule has 0 aliphatic carbocycles. The van der Waals surface area contributed by atoms with Gasteiger partial charge in [0.15, 0.2) is 0 Å². The highest BCUT2D eigenvalue weighted by atomic mass is 16.2. The van der Waals surface area contributed by atoms with Gasteiger partial charge in [-0.05, 0) is 24.6 Å². The van der Waals surface area contributed by atoms with Crippen molar-refractivity contribution in [3.8, 4) is 6.07 Å². The average molecular weight is 330 g/mol. The van der Waals surface area contributed by atoms with Gasteiger partial charge in [0.25, 0.3) is 5.91 Å². The van der Waals surface area contributed by atoms with Gasteiger partial charge in [-0.3, -0.25) is 4.79 Å². The number of rotatable bonds is 5.